The predicted octanol–water partition coefficient (Wildman–Crippen LogP) is 2.49. The van der Waals surface area contributed by atoms with Crippen LogP contribution >= 0.6 is 31.9 Å². The molecule has 3 nitrogen and oxygen atoms in total. The van der Waals surface area contributed by atoms with Crippen LogP contribution in [0.4, 0.5) is 5.82 Å². The highest BCUT2D eigenvalue weighted by Gasteiger charge is 2.02. The number of amides is 1. The molecule has 0 radical (unpaired) electrons. The quantitative estimate of drug-likeness (QED) is 0.853. The van der Waals surface area contributed by atoms with Gasteiger partial charge in [-0.25, -0.2) is 4.98 Å². The highest BCUT2D eigenvalue weighted by atomic mass is 79.9. The van der Waals surface area contributed by atoms with E-state index in [1.807, 2.05) is 13.0 Å². The van der Waals surface area contributed by atoms with Crippen LogP contribution in [0.25, 0.3) is 0 Å². The van der Waals surface area contributed by atoms with Crippen molar-refractivity contribution in [3.05, 3.63) is 22.3 Å². The molecular formula is C8H8Br2N2O. The molecule has 1 aromatic heterocycles. The largest absolute Gasteiger partial charge is 0.310 e. The molecule has 0 saturated carbocycles. The van der Waals surface area contributed by atoms with E-state index >= 15 is 0 Å². The van der Waals surface area contributed by atoms with E-state index in [-0.39, 0.29) is 11.2 Å². The number of alkyl halides is 1. The van der Waals surface area contributed by atoms with Crippen LogP contribution in [0.2, 0.25) is 0 Å². The van der Waals surface area contributed by atoms with Gasteiger partial charge >= 0.3 is 0 Å². The number of halogens is 2. The standard InChI is InChI=1S/C8H8Br2N2O/c1-5-6(10)2-3-7(11-5)12-8(13)4-9/h2-3H,4H2,1H3,(H,11,12,13). The van der Waals surface area contributed by atoms with Crippen molar-refractivity contribution in [2.24, 2.45) is 0 Å². The molecule has 0 aliphatic rings. The van der Waals surface area contributed by atoms with E-state index in [2.05, 4.69) is 42.2 Å². The van der Waals surface area contributed by atoms with E-state index in [0.29, 0.717) is 5.82 Å². The highest BCUT2D eigenvalue weighted by molar-refractivity contribution is 9.10. The van der Waals surface area contributed by atoms with E-state index in [1.165, 1.54) is 0 Å². The summed E-state index contributed by atoms with van der Waals surface area (Å²) in [5, 5.41) is 2.92. The van der Waals surface area contributed by atoms with Gasteiger partial charge in [-0.2, -0.15) is 0 Å². The Balaban J connectivity index is 2.79. The summed E-state index contributed by atoms with van der Waals surface area (Å²) in [6.45, 7) is 1.87. The van der Waals surface area contributed by atoms with Gasteiger partial charge in [-0.05, 0) is 35.0 Å². The first-order chi connectivity index (χ1) is 6.13. The normalized spacial score (nSPS) is 9.77. The number of nitrogens with zero attached hydrogens (tertiary/aromatic N) is 1. The van der Waals surface area contributed by atoms with Gasteiger partial charge in [0.2, 0.25) is 5.91 Å². The number of hydrogen-bond donors (Lipinski definition) is 1. The minimum Gasteiger partial charge on any atom is -0.310 e. The van der Waals surface area contributed by atoms with E-state index in [9.17, 15) is 4.79 Å². The second-order valence-corrected chi connectivity index (χ2v) is 3.86. The van der Waals surface area contributed by atoms with Crippen molar-refractivity contribution < 1.29 is 4.79 Å². The minimum absolute atomic E-state index is 0.103. The van der Waals surface area contributed by atoms with Crippen molar-refractivity contribution in [2.45, 2.75) is 6.92 Å². The fraction of sp³-hybridized carbons (Fsp3) is 0.250. The van der Waals surface area contributed by atoms with Gasteiger partial charge < -0.3 is 5.32 Å². The van der Waals surface area contributed by atoms with Gasteiger partial charge in [0.15, 0.2) is 0 Å². The molecule has 1 N–H and O–H groups in total. The lowest BCUT2D eigenvalue weighted by molar-refractivity contribution is -0.113. The topological polar surface area (TPSA) is 42.0 Å². The summed E-state index contributed by atoms with van der Waals surface area (Å²) in [4.78, 5) is 15.1. The predicted molar refractivity (Wildman–Crippen MR) is 59.1 cm³/mol. The van der Waals surface area contributed by atoms with Crippen LogP contribution in [-0.2, 0) is 4.79 Å². The lowest BCUT2D eigenvalue weighted by Gasteiger charge is -2.03. The van der Waals surface area contributed by atoms with E-state index in [1.54, 1.807) is 6.07 Å². The Bertz CT molecular complexity index is 328. The number of carbonyl (C=O) groups is 1. The number of rotatable bonds is 2. The summed E-state index contributed by atoms with van der Waals surface area (Å²) in [7, 11) is 0. The number of pyridine rings is 1. The third-order valence-electron chi connectivity index (χ3n) is 1.41. The highest BCUT2D eigenvalue weighted by Crippen LogP contribution is 2.15. The Hall–Kier alpha value is -0.420. The number of hydrogen-bond acceptors (Lipinski definition) is 2. The Morgan fingerprint density at radius 3 is 2.85 bits per heavy atom. The summed E-state index contributed by atoms with van der Waals surface area (Å²) in [6, 6.07) is 3.60. The van der Waals surface area contributed by atoms with Crippen LogP contribution in [0.5, 0.6) is 0 Å². The van der Waals surface area contributed by atoms with Crippen LogP contribution in [0.3, 0.4) is 0 Å². The molecule has 0 aliphatic heterocycles. The van der Waals surface area contributed by atoms with Gasteiger partial charge in [-0.1, -0.05) is 15.9 Å². The molecule has 70 valence electrons. The van der Waals surface area contributed by atoms with Gasteiger partial charge in [-0.3, -0.25) is 4.79 Å². The SMILES string of the molecule is Cc1nc(NC(=O)CBr)ccc1Br. The molecule has 0 bridgehead atoms. The smallest absolute Gasteiger partial charge is 0.236 e. The van der Waals surface area contributed by atoms with Crippen molar-refractivity contribution >= 4 is 43.6 Å². The average molecular weight is 308 g/mol. The molecule has 0 spiro atoms. The van der Waals surface area contributed by atoms with Crippen molar-refractivity contribution in [3.63, 3.8) is 0 Å². The summed E-state index contributed by atoms with van der Waals surface area (Å²) in [5.74, 6) is 0.472. The molecule has 1 heterocycles. The maximum absolute atomic E-state index is 11.0. The molecule has 1 aromatic rings. The van der Waals surface area contributed by atoms with Gasteiger partial charge in [0, 0.05) is 4.47 Å². The first kappa shape index (κ1) is 10.7. The van der Waals surface area contributed by atoms with Crippen molar-refractivity contribution in [3.8, 4) is 0 Å². The maximum Gasteiger partial charge on any atom is 0.236 e. The monoisotopic (exact) mass is 306 g/mol. The lowest BCUT2D eigenvalue weighted by atomic mass is 10.4. The number of nitrogens with one attached hydrogen (secondary N) is 1. The van der Waals surface area contributed by atoms with Gasteiger partial charge in [0.1, 0.15) is 5.82 Å². The van der Waals surface area contributed by atoms with Crippen molar-refractivity contribution in [2.75, 3.05) is 10.6 Å². The Kier molecular flexibility index (Phi) is 3.87. The van der Waals surface area contributed by atoms with Crippen LogP contribution in [0.1, 0.15) is 5.69 Å². The lowest BCUT2D eigenvalue weighted by Crippen LogP contribution is -2.13. The maximum atomic E-state index is 11.0. The average Bonchev–Trinajstić information content (AvgIpc) is 2.11. The second kappa shape index (κ2) is 4.72. The van der Waals surface area contributed by atoms with Gasteiger partial charge in [0.25, 0.3) is 0 Å². The fourth-order valence-corrected chi connectivity index (χ4v) is 1.15. The zero-order chi connectivity index (χ0) is 9.84. The molecule has 0 fully saturated rings. The number of carbonyl (C=O) groups excluding carboxylic acids is 1. The van der Waals surface area contributed by atoms with Gasteiger partial charge in [-0.15, -0.1) is 0 Å². The molecule has 1 amide bonds. The van der Waals surface area contributed by atoms with Crippen LogP contribution in [-0.4, -0.2) is 16.2 Å². The Morgan fingerprint density at radius 2 is 2.31 bits per heavy atom. The third-order valence-corrected chi connectivity index (χ3v) is 2.76. The van der Waals surface area contributed by atoms with Crippen molar-refractivity contribution in [1.82, 2.24) is 4.98 Å². The number of aryl methyl sites for hydroxylation is 1. The second-order valence-electron chi connectivity index (χ2n) is 2.45. The van der Waals surface area contributed by atoms with E-state index < -0.39 is 0 Å². The van der Waals surface area contributed by atoms with Crippen LogP contribution in [0, 0.1) is 6.92 Å². The van der Waals surface area contributed by atoms with Crippen LogP contribution in [0.15, 0.2) is 16.6 Å². The molecular weight excluding hydrogens is 300 g/mol. The molecule has 0 aromatic carbocycles. The van der Waals surface area contributed by atoms with E-state index in [0.717, 1.165) is 10.2 Å². The molecule has 5 heteroatoms. The molecule has 0 saturated heterocycles. The zero-order valence-electron chi connectivity index (χ0n) is 6.97. The summed E-state index contributed by atoms with van der Waals surface area (Å²) in [5.41, 5.74) is 0.854. The summed E-state index contributed by atoms with van der Waals surface area (Å²) >= 11 is 6.38. The molecule has 0 aliphatic carbocycles. The zero-order valence-corrected chi connectivity index (χ0v) is 10.1. The molecule has 13 heavy (non-hydrogen) atoms. The summed E-state index contributed by atoms with van der Waals surface area (Å²) < 4.78 is 0.935. The van der Waals surface area contributed by atoms with Crippen molar-refractivity contribution in [1.29, 1.82) is 0 Å². The van der Waals surface area contributed by atoms with Gasteiger partial charge in [0.05, 0.1) is 11.0 Å². The molecule has 0 atom stereocenters. The minimum atomic E-state index is -0.103. The fourth-order valence-electron chi connectivity index (χ4n) is 0.790. The third kappa shape index (κ3) is 3.08. The number of aromatic nitrogens is 1. The summed E-state index contributed by atoms with van der Waals surface area (Å²) in [6.07, 6.45) is 0. The molecule has 1 rings (SSSR count). The van der Waals surface area contributed by atoms with E-state index in [4.69, 9.17) is 0 Å². The Morgan fingerprint density at radius 1 is 1.62 bits per heavy atom. The first-order valence-electron chi connectivity index (χ1n) is 3.62. The Labute approximate surface area is 93.2 Å². The first-order valence-corrected chi connectivity index (χ1v) is 5.54. The van der Waals surface area contributed by atoms with Crippen LogP contribution < -0.4 is 5.32 Å². The number of anilines is 1. The molecule has 0 unspecified atom stereocenters.